The lowest BCUT2D eigenvalue weighted by molar-refractivity contribution is 0.0951. The summed E-state index contributed by atoms with van der Waals surface area (Å²) in [6.45, 7) is 1.89. The molecule has 5 nitrogen and oxygen atoms in total. The first-order chi connectivity index (χ1) is 11.1. The zero-order valence-electron chi connectivity index (χ0n) is 12.8. The van der Waals surface area contributed by atoms with Gasteiger partial charge in [-0.25, -0.2) is 5.43 Å². The standard InChI is InChI=1S/C17H17ClN2O3/c1-3-14(12-6-4-5-7-15(12)21)19-20-17(22)13-10-11(18)8-9-16(13)23-2/h4-10,21H,3H2,1-2H3,(H,20,22)/b19-14+. The average Bonchev–Trinajstić information content (AvgIpc) is 2.56. The molecule has 2 aromatic carbocycles. The van der Waals surface area contributed by atoms with Crippen LogP contribution in [-0.4, -0.2) is 23.8 Å². The van der Waals surface area contributed by atoms with Gasteiger partial charge in [-0.05, 0) is 36.8 Å². The van der Waals surface area contributed by atoms with Crippen LogP contribution in [0.2, 0.25) is 5.02 Å². The van der Waals surface area contributed by atoms with Crippen molar-refractivity contribution in [1.29, 1.82) is 0 Å². The van der Waals surface area contributed by atoms with E-state index in [0.29, 0.717) is 28.5 Å². The summed E-state index contributed by atoms with van der Waals surface area (Å²) in [5.41, 5.74) is 3.91. The van der Waals surface area contributed by atoms with Crippen LogP contribution in [0.5, 0.6) is 11.5 Å². The molecule has 0 unspecified atom stereocenters. The van der Waals surface area contributed by atoms with Crippen LogP contribution in [0.1, 0.15) is 29.3 Å². The van der Waals surface area contributed by atoms with E-state index in [9.17, 15) is 9.90 Å². The lowest BCUT2D eigenvalue weighted by Gasteiger charge is -2.09. The van der Waals surface area contributed by atoms with Gasteiger partial charge in [0, 0.05) is 10.6 Å². The summed E-state index contributed by atoms with van der Waals surface area (Å²) in [5.74, 6) is 0.0797. The molecule has 0 saturated carbocycles. The van der Waals surface area contributed by atoms with Crippen molar-refractivity contribution >= 4 is 23.2 Å². The fourth-order valence-electron chi connectivity index (χ4n) is 2.08. The number of nitrogens with one attached hydrogen (secondary N) is 1. The summed E-state index contributed by atoms with van der Waals surface area (Å²) in [6, 6.07) is 11.6. The van der Waals surface area contributed by atoms with Crippen LogP contribution < -0.4 is 10.2 Å². The van der Waals surface area contributed by atoms with Gasteiger partial charge in [-0.15, -0.1) is 0 Å². The van der Waals surface area contributed by atoms with Crippen molar-refractivity contribution in [2.75, 3.05) is 7.11 Å². The Morgan fingerprint density at radius 3 is 2.65 bits per heavy atom. The normalized spacial score (nSPS) is 11.2. The van der Waals surface area contributed by atoms with Crippen molar-refractivity contribution in [1.82, 2.24) is 5.43 Å². The maximum Gasteiger partial charge on any atom is 0.275 e. The molecule has 1 amide bonds. The van der Waals surface area contributed by atoms with Gasteiger partial charge in [0.25, 0.3) is 5.91 Å². The number of hydrogen-bond donors (Lipinski definition) is 2. The van der Waals surface area contributed by atoms with Crippen molar-refractivity contribution in [2.24, 2.45) is 5.10 Å². The molecular weight excluding hydrogens is 316 g/mol. The van der Waals surface area contributed by atoms with Gasteiger partial charge >= 0.3 is 0 Å². The molecule has 2 rings (SSSR count). The number of benzene rings is 2. The predicted molar refractivity (Wildman–Crippen MR) is 90.4 cm³/mol. The SMILES string of the molecule is CC/C(=N\NC(=O)c1cc(Cl)ccc1OC)c1ccccc1O. The molecule has 23 heavy (non-hydrogen) atoms. The van der Waals surface area contributed by atoms with E-state index in [4.69, 9.17) is 16.3 Å². The van der Waals surface area contributed by atoms with Gasteiger partial charge in [-0.1, -0.05) is 30.7 Å². The Morgan fingerprint density at radius 2 is 2.00 bits per heavy atom. The summed E-state index contributed by atoms with van der Waals surface area (Å²) < 4.78 is 5.15. The van der Waals surface area contributed by atoms with E-state index >= 15 is 0 Å². The minimum atomic E-state index is -0.439. The third-order valence-electron chi connectivity index (χ3n) is 3.25. The molecule has 0 bridgehead atoms. The Morgan fingerprint density at radius 1 is 1.26 bits per heavy atom. The quantitative estimate of drug-likeness (QED) is 0.649. The molecule has 0 radical (unpaired) electrons. The smallest absolute Gasteiger partial charge is 0.275 e. The van der Waals surface area contributed by atoms with Crippen molar-refractivity contribution in [3.05, 3.63) is 58.6 Å². The van der Waals surface area contributed by atoms with Gasteiger partial charge in [-0.3, -0.25) is 4.79 Å². The highest BCUT2D eigenvalue weighted by Gasteiger charge is 2.13. The van der Waals surface area contributed by atoms with Crippen LogP contribution in [0.3, 0.4) is 0 Å². The lowest BCUT2D eigenvalue weighted by atomic mass is 10.1. The van der Waals surface area contributed by atoms with Crippen molar-refractivity contribution in [3.8, 4) is 11.5 Å². The van der Waals surface area contributed by atoms with Crippen LogP contribution in [0.4, 0.5) is 0 Å². The van der Waals surface area contributed by atoms with E-state index in [0.717, 1.165) is 0 Å². The molecule has 2 aromatic rings. The maximum absolute atomic E-state index is 12.3. The van der Waals surface area contributed by atoms with Gasteiger partial charge in [0.15, 0.2) is 0 Å². The Kier molecular flexibility index (Phi) is 5.60. The number of hydrogen-bond acceptors (Lipinski definition) is 4. The zero-order chi connectivity index (χ0) is 16.8. The molecule has 2 N–H and O–H groups in total. The molecule has 0 saturated heterocycles. The molecule has 0 spiro atoms. The molecule has 0 aliphatic heterocycles. The number of aromatic hydroxyl groups is 1. The summed E-state index contributed by atoms with van der Waals surface area (Å²) >= 11 is 5.92. The van der Waals surface area contributed by atoms with Gasteiger partial charge in [-0.2, -0.15) is 5.10 Å². The minimum absolute atomic E-state index is 0.114. The number of rotatable bonds is 5. The number of phenolic OH excluding ortho intramolecular Hbond substituents is 1. The molecule has 6 heteroatoms. The third kappa shape index (κ3) is 4.02. The van der Waals surface area contributed by atoms with Crippen LogP contribution in [0.15, 0.2) is 47.6 Å². The highest BCUT2D eigenvalue weighted by Crippen LogP contribution is 2.23. The number of methoxy groups -OCH3 is 1. The number of halogens is 1. The lowest BCUT2D eigenvalue weighted by Crippen LogP contribution is -2.20. The van der Waals surface area contributed by atoms with E-state index in [2.05, 4.69) is 10.5 Å². The van der Waals surface area contributed by atoms with Crippen molar-refractivity contribution < 1.29 is 14.6 Å². The molecule has 0 fully saturated rings. The van der Waals surface area contributed by atoms with Gasteiger partial charge < -0.3 is 9.84 Å². The fourth-order valence-corrected chi connectivity index (χ4v) is 2.26. The molecule has 0 aliphatic rings. The highest BCUT2D eigenvalue weighted by molar-refractivity contribution is 6.31. The second-order valence-corrected chi connectivity index (χ2v) is 5.15. The maximum atomic E-state index is 12.3. The molecule has 0 aromatic heterocycles. The summed E-state index contributed by atoms with van der Waals surface area (Å²) in [6.07, 6.45) is 0.546. The van der Waals surface area contributed by atoms with Crippen LogP contribution in [0, 0.1) is 0 Å². The van der Waals surface area contributed by atoms with E-state index in [1.54, 1.807) is 36.4 Å². The molecular formula is C17H17ClN2O3. The number of ether oxygens (including phenoxy) is 1. The van der Waals surface area contributed by atoms with E-state index in [1.807, 2.05) is 6.92 Å². The number of hydrazone groups is 1. The second-order valence-electron chi connectivity index (χ2n) is 4.71. The number of phenols is 1. The zero-order valence-corrected chi connectivity index (χ0v) is 13.6. The predicted octanol–water partition coefficient (Wildman–Crippen LogP) is 3.60. The van der Waals surface area contributed by atoms with Crippen LogP contribution in [-0.2, 0) is 0 Å². The van der Waals surface area contributed by atoms with Crippen molar-refractivity contribution in [2.45, 2.75) is 13.3 Å². The summed E-state index contributed by atoms with van der Waals surface area (Å²) in [7, 11) is 1.47. The summed E-state index contributed by atoms with van der Waals surface area (Å²) in [5, 5.41) is 14.4. The van der Waals surface area contributed by atoms with Crippen LogP contribution in [0.25, 0.3) is 0 Å². The molecule has 0 aliphatic carbocycles. The topological polar surface area (TPSA) is 70.9 Å². The van der Waals surface area contributed by atoms with Crippen LogP contribution >= 0.6 is 11.6 Å². The van der Waals surface area contributed by atoms with E-state index in [1.165, 1.54) is 13.2 Å². The number of para-hydroxylation sites is 1. The van der Waals surface area contributed by atoms with E-state index in [-0.39, 0.29) is 11.3 Å². The Hall–Kier alpha value is -2.53. The molecule has 120 valence electrons. The number of amides is 1. The first-order valence-electron chi connectivity index (χ1n) is 7.05. The largest absolute Gasteiger partial charge is 0.507 e. The first-order valence-corrected chi connectivity index (χ1v) is 7.43. The molecule has 0 atom stereocenters. The third-order valence-corrected chi connectivity index (χ3v) is 3.48. The van der Waals surface area contributed by atoms with Crippen molar-refractivity contribution in [3.63, 3.8) is 0 Å². The number of carbonyl (C=O) groups is 1. The Labute approximate surface area is 139 Å². The molecule has 0 heterocycles. The first kappa shape index (κ1) is 16.8. The Balaban J connectivity index is 2.26. The monoisotopic (exact) mass is 332 g/mol. The average molecular weight is 333 g/mol. The minimum Gasteiger partial charge on any atom is -0.507 e. The van der Waals surface area contributed by atoms with Gasteiger partial charge in [0.05, 0.1) is 18.4 Å². The highest BCUT2D eigenvalue weighted by atomic mass is 35.5. The number of carbonyl (C=O) groups excluding carboxylic acids is 1. The van der Waals surface area contributed by atoms with Gasteiger partial charge in [0.1, 0.15) is 11.5 Å². The second kappa shape index (κ2) is 7.65. The summed E-state index contributed by atoms with van der Waals surface area (Å²) in [4.78, 5) is 12.3. The fraction of sp³-hybridized carbons (Fsp3) is 0.176. The number of nitrogens with zero attached hydrogens (tertiary/aromatic N) is 1. The Bertz CT molecular complexity index is 744. The van der Waals surface area contributed by atoms with Gasteiger partial charge in [0.2, 0.25) is 0 Å². The van der Waals surface area contributed by atoms with E-state index < -0.39 is 5.91 Å².